The molecule has 0 saturated carbocycles. The van der Waals surface area contributed by atoms with Gasteiger partial charge in [-0.1, -0.05) is 29.3 Å². The molecule has 2 N–H and O–H groups in total. The van der Waals surface area contributed by atoms with Gasteiger partial charge < -0.3 is 19.6 Å². The molecule has 2 aromatic heterocycles. The summed E-state index contributed by atoms with van der Waals surface area (Å²) in [6.07, 6.45) is 1.19. The summed E-state index contributed by atoms with van der Waals surface area (Å²) in [7, 11) is 1.43. The Balaban J connectivity index is 1.82. The Kier molecular flexibility index (Phi) is 5.20. The Hall–Kier alpha value is -2.84. The molecule has 2 heterocycles. The summed E-state index contributed by atoms with van der Waals surface area (Å²) >= 11 is 12.0. The number of halogens is 2. The van der Waals surface area contributed by atoms with Crippen LogP contribution in [0.25, 0.3) is 11.1 Å². The number of aromatic nitrogens is 2. The van der Waals surface area contributed by atoms with E-state index in [9.17, 15) is 14.4 Å². The highest BCUT2D eigenvalue weighted by Gasteiger charge is 2.25. The van der Waals surface area contributed by atoms with Gasteiger partial charge in [0.15, 0.2) is 0 Å². The molecule has 0 fully saturated rings. The minimum absolute atomic E-state index is 0.0430. The van der Waals surface area contributed by atoms with Crippen LogP contribution in [0.1, 0.15) is 16.1 Å². The Labute approximate surface area is 163 Å². The lowest BCUT2D eigenvalue weighted by Crippen LogP contribution is -2.35. The van der Waals surface area contributed by atoms with Gasteiger partial charge >= 0.3 is 0 Å². The van der Waals surface area contributed by atoms with Crippen LogP contribution in [0.5, 0.6) is 0 Å². The zero-order valence-corrected chi connectivity index (χ0v) is 15.8. The highest BCUT2D eigenvalue weighted by atomic mass is 35.5. The van der Waals surface area contributed by atoms with E-state index in [1.165, 1.54) is 13.4 Å². The molecule has 0 unspecified atom stereocenters. The van der Waals surface area contributed by atoms with Crippen molar-refractivity contribution in [1.29, 1.82) is 0 Å². The normalized spacial score (nSPS) is 10.8. The number of H-pyrrole nitrogens is 1. The van der Waals surface area contributed by atoms with Crippen molar-refractivity contribution in [2.75, 3.05) is 18.9 Å². The van der Waals surface area contributed by atoms with E-state index in [0.717, 1.165) is 4.90 Å². The summed E-state index contributed by atoms with van der Waals surface area (Å²) in [6.45, 7) is 1.26. The molecule has 0 atom stereocenters. The van der Waals surface area contributed by atoms with Gasteiger partial charge in [0.1, 0.15) is 11.1 Å². The van der Waals surface area contributed by atoms with Gasteiger partial charge in [-0.05, 0) is 19.1 Å². The lowest BCUT2D eigenvalue weighted by molar-refractivity contribution is -0.116. The molecule has 10 heteroatoms. The second kappa shape index (κ2) is 7.42. The summed E-state index contributed by atoms with van der Waals surface area (Å²) in [4.78, 5) is 44.6. The van der Waals surface area contributed by atoms with Crippen LogP contribution in [-0.2, 0) is 4.79 Å². The van der Waals surface area contributed by atoms with Crippen LogP contribution in [0.3, 0.4) is 0 Å². The Bertz CT molecular complexity index is 1090. The summed E-state index contributed by atoms with van der Waals surface area (Å²) in [5.41, 5.74) is -0.121. The van der Waals surface area contributed by atoms with Crippen LogP contribution >= 0.6 is 23.2 Å². The molecule has 0 aliphatic carbocycles. The van der Waals surface area contributed by atoms with E-state index in [1.807, 2.05) is 0 Å². The van der Waals surface area contributed by atoms with Gasteiger partial charge in [0.25, 0.3) is 11.5 Å². The molecule has 3 rings (SSSR count). The number of carbonyl (C=O) groups excluding carboxylic acids is 2. The number of amides is 2. The van der Waals surface area contributed by atoms with Gasteiger partial charge in [0.2, 0.25) is 11.6 Å². The number of aromatic amines is 1. The van der Waals surface area contributed by atoms with E-state index in [1.54, 1.807) is 25.1 Å². The number of hydrogen-bond donors (Lipinski definition) is 2. The third-order valence-corrected chi connectivity index (χ3v) is 4.47. The molecule has 27 heavy (non-hydrogen) atoms. The van der Waals surface area contributed by atoms with E-state index in [2.05, 4.69) is 15.3 Å². The smallest absolute Gasteiger partial charge is 0.262 e. The molecular formula is C17H14Cl2N4O4. The van der Waals surface area contributed by atoms with Crippen molar-refractivity contribution in [3.63, 3.8) is 0 Å². The van der Waals surface area contributed by atoms with E-state index < -0.39 is 17.4 Å². The van der Waals surface area contributed by atoms with E-state index >= 15 is 0 Å². The van der Waals surface area contributed by atoms with Crippen molar-refractivity contribution in [1.82, 2.24) is 14.9 Å². The van der Waals surface area contributed by atoms with Crippen LogP contribution < -0.4 is 10.9 Å². The fourth-order valence-corrected chi connectivity index (χ4v) is 3.08. The number of carbonyl (C=O) groups is 2. The third-order valence-electron chi connectivity index (χ3n) is 3.84. The van der Waals surface area contributed by atoms with E-state index in [-0.39, 0.29) is 44.7 Å². The number of benzene rings is 1. The first-order chi connectivity index (χ1) is 12.8. The minimum Gasteiger partial charge on any atom is -0.442 e. The van der Waals surface area contributed by atoms with Gasteiger partial charge in [0.05, 0.1) is 34.2 Å². The van der Waals surface area contributed by atoms with E-state index in [4.69, 9.17) is 27.6 Å². The van der Waals surface area contributed by atoms with Crippen molar-refractivity contribution in [2.45, 2.75) is 6.92 Å². The number of hydrogen-bond acceptors (Lipinski definition) is 5. The molecule has 8 nitrogen and oxygen atoms in total. The van der Waals surface area contributed by atoms with Crippen molar-refractivity contribution < 1.29 is 14.0 Å². The maximum atomic E-state index is 12.8. The van der Waals surface area contributed by atoms with Gasteiger partial charge in [-0.3, -0.25) is 14.4 Å². The van der Waals surface area contributed by atoms with Gasteiger partial charge in [0, 0.05) is 7.05 Å². The Morgan fingerprint density at radius 3 is 2.63 bits per heavy atom. The number of fused-ring (bicyclic) bond motifs is 1. The maximum absolute atomic E-state index is 12.8. The number of nitrogens with zero attached hydrogens (tertiary/aromatic N) is 2. The molecule has 3 aromatic rings. The average molecular weight is 409 g/mol. The minimum atomic E-state index is -0.551. The lowest BCUT2D eigenvalue weighted by Gasteiger charge is -2.17. The molecule has 0 bridgehead atoms. The van der Waals surface area contributed by atoms with Crippen molar-refractivity contribution >= 4 is 51.8 Å². The molecule has 0 saturated heterocycles. The third kappa shape index (κ3) is 3.67. The molecule has 0 spiro atoms. The number of rotatable bonds is 4. The number of furan rings is 1. The highest BCUT2D eigenvalue weighted by molar-refractivity contribution is 6.39. The van der Waals surface area contributed by atoms with Crippen molar-refractivity contribution in [3.8, 4) is 0 Å². The van der Waals surface area contributed by atoms with Crippen LogP contribution in [0, 0.1) is 6.92 Å². The largest absolute Gasteiger partial charge is 0.442 e. The Morgan fingerprint density at radius 1 is 1.30 bits per heavy atom. The first kappa shape index (κ1) is 18.9. The molecule has 1 aromatic carbocycles. The van der Waals surface area contributed by atoms with Crippen LogP contribution in [0.15, 0.2) is 33.7 Å². The zero-order chi connectivity index (χ0) is 19.7. The van der Waals surface area contributed by atoms with Gasteiger partial charge in [-0.15, -0.1) is 0 Å². The predicted octanol–water partition coefficient (Wildman–Crippen LogP) is 2.84. The predicted molar refractivity (Wildman–Crippen MR) is 101 cm³/mol. The zero-order valence-electron chi connectivity index (χ0n) is 14.3. The summed E-state index contributed by atoms with van der Waals surface area (Å²) in [5.74, 6) is -0.816. The number of anilines is 1. The standard InChI is InChI=1S/C17H14Cl2N4O4/c1-8-12(13-15(25)20-7-21-16(13)27-8)17(26)23(2)6-11(24)22-14-9(18)4-3-5-10(14)19/h3-5,7H,6H2,1-2H3,(H,22,24)(H,20,21,25). The van der Waals surface area contributed by atoms with Gasteiger partial charge in [-0.2, -0.15) is 0 Å². The van der Waals surface area contributed by atoms with Crippen molar-refractivity contribution in [3.05, 3.63) is 56.2 Å². The topological polar surface area (TPSA) is 108 Å². The highest BCUT2D eigenvalue weighted by Crippen LogP contribution is 2.29. The first-order valence-corrected chi connectivity index (χ1v) is 8.51. The monoisotopic (exact) mass is 408 g/mol. The number of para-hydroxylation sites is 1. The fraction of sp³-hybridized carbons (Fsp3) is 0.176. The summed E-state index contributed by atoms with van der Waals surface area (Å²) in [6, 6.07) is 4.81. The second-order valence-corrected chi connectivity index (χ2v) is 6.57. The number of nitrogens with one attached hydrogen (secondary N) is 2. The number of aryl methyl sites for hydroxylation is 1. The molecular weight excluding hydrogens is 395 g/mol. The fourth-order valence-electron chi connectivity index (χ4n) is 2.59. The first-order valence-electron chi connectivity index (χ1n) is 7.75. The van der Waals surface area contributed by atoms with Crippen LogP contribution in [0.4, 0.5) is 5.69 Å². The lowest BCUT2D eigenvalue weighted by atomic mass is 10.1. The summed E-state index contributed by atoms with van der Waals surface area (Å²) in [5, 5.41) is 3.17. The molecule has 2 amide bonds. The molecule has 0 aliphatic heterocycles. The van der Waals surface area contributed by atoms with Crippen molar-refractivity contribution in [2.24, 2.45) is 0 Å². The van der Waals surface area contributed by atoms with Crippen LogP contribution in [0.2, 0.25) is 10.0 Å². The summed E-state index contributed by atoms with van der Waals surface area (Å²) < 4.78 is 5.37. The molecule has 0 radical (unpaired) electrons. The molecule has 0 aliphatic rings. The maximum Gasteiger partial charge on any atom is 0.262 e. The van der Waals surface area contributed by atoms with Crippen LogP contribution in [-0.4, -0.2) is 40.3 Å². The second-order valence-electron chi connectivity index (χ2n) is 5.75. The Morgan fingerprint density at radius 2 is 1.96 bits per heavy atom. The average Bonchev–Trinajstić information content (AvgIpc) is 2.95. The SMILES string of the molecule is Cc1oc2nc[nH]c(=O)c2c1C(=O)N(C)CC(=O)Nc1c(Cl)cccc1Cl. The van der Waals surface area contributed by atoms with E-state index in [0.29, 0.717) is 0 Å². The quantitative estimate of drug-likeness (QED) is 0.689. The molecule has 140 valence electrons. The number of likely N-dealkylation sites (N-methyl/N-ethyl adjacent to an activating group) is 1. The van der Waals surface area contributed by atoms with Gasteiger partial charge in [-0.25, -0.2) is 4.98 Å².